The van der Waals surface area contributed by atoms with Gasteiger partial charge in [0, 0.05) is 10.6 Å². The fraction of sp³-hybridized carbons (Fsp3) is 0.188. The first-order valence-electron chi connectivity index (χ1n) is 6.92. The molecule has 0 N–H and O–H groups in total. The highest BCUT2D eigenvalue weighted by Gasteiger charge is 2.31. The van der Waals surface area contributed by atoms with E-state index in [9.17, 15) is 4.79 Å². The van der Waals surface area contributed by atoms with Crippen LogP contribution in [0, 0.1) is 0 Å². The van der Waals surface area contributed by atoms with Crippen LogP contribution in [-0.2, 0) is 4.74 Å². The van der Waals surface area contributed by atoms with Gasteiger partial charge < -0.3 is 4.74 Å². The summed E-state index contributed by atoms with van der Waals surface area (Å²) in [6.07, 6.45) is -0.803. The molecular formula is C16H14N4O2. The summed E-state index contributed by atoms with van der Waals surface area (Å²) >= 11 is 0. The van der Waals surface area contributed by atoms with Crippen molar-refractivity contribution in [2.75, 3.05) is 18.0 Å². The minimum atomic E-state index is -0.411. The first-order chi connectivity index (χ1) is 10.8. The molecular weight excluding hydrogens is 280 g/mol. The number of azide groups is 1. The van der Waals surface area contributed by atoms with E-state index in [2.05, 4.69) is 10.0 Å². The predicted molar refractivity (Wildman–Crippen MR) is 83.5 cm³/mol. The number of benzene rings is 2. The summed E-state index contributed by atoms with van der Waals surface area (Å²) < 4.78 is 5.17. The Morgan fingerprint density at radius 2 is 1.82 bits per heavy atom. The van der Waals surface area contributed by atoms with Crippen molar-refractivity contribution >= 4 is 11.8 Å². The third-order valence-corrected chi connectivity index (χ3v) is 3.51. The van der Waals surface area contributed by atoms with Crippen LogP contribution in [0.3, 0.4) is 0 Å². The quantitative estimate of drug-likeness (QED) is 0.485. The van der Waals surface area contributed by atoms with E-state index in [0.717, 1.165) is 16.8 Å². The summed E-state index contributed by atoms with van der Waals surface area (Å²) in [7, 11) is 0. The van der Waals surface area contributed by atoms with E-state index in [0.29, 0.717) is 6.54 Å². The van der Waals surface area contributed by atoms with Crippen molar-refractivity contribution in [3.63, 3.8) is 0 Å². The maximum atomic E-state index is 11.9. The van der Waals surface area contributed by atoms with Gasteiger partial charge >= 0.3 is 6.09 Å². The molecule has 1 saturated heterocycles. The van der Waals surface area contributed by atoms with Crippen LogP contribution in [0.4, 0.5) is 10.5 Å². The lowest BCUT2D eigenvalue weighted by molar-refractivity contribution is 0.145. The molecule has 0 aliphatic carbocycles. The molecule has 3 rings (SSSR count). The summed E-state index contributed by atoms with van der Waals surface area (Å²) in [5.41, 5.74) is 11.3. The molecule has 22 heavy (non-hydrogen) atoms. The van der Waals surface area contributed by atoms with E-state index in [1.807, 2.05) is 54.6 Å². The molecule has 6 nitrogen and oxygen atoms in total. The average molecular weight is 294 g/mol. The molecule has 0 radical (unpaired) electrons. The van der Waals surface area contributed by atoms with Gasteiger partial charge in [-0.3, -0.25) is 4.90 Å². The lowest BCUT2D eigenvalue weighted by atomic mass is 10.1. The Balaban J connectivity index is 1.76. The van der Waals surface area contributed by atoms with E-state index in [-0.39, 0.29) is 6.54 Å². The maximum absolute atomic E-state index is 11.9. The van der Waals surface area contributed by atoms with Gasteiger partial charge in [0.05, 0.1) is 13.1 Å². The van der Waals surface area contributed by atoms with Gasteiger partial charge in [0.15, 0.2) is 0 Å². The number of ether oxygens (including phenoxy) is 1. The minimum absolute atomic E-state index is 0.154. The first kappa shape index (κ1) is 14.0. The fourth-order valence-corrected chi connectivity index (χ4v) is 2.42. The molecule has 0 spiro atoms. The van der Waals surface area contributed by atoms with Crippen LogP contribution in [0.1, 0.15) is 0 Å². The molecule has 1 aliphatic heterocycles. The van der Waals surface area contributed by atoms with Crippen LogP contribution in [0.15, 0.2) is 59.7 Å². The van der Waals surface area contributed by atoms with Crippen LogP contribution < -0.4 is 4.90 Å². The Kier molecular flexibility index (Phi) is 3.94. The van der Waals surface area contributed by atoms with Crippen LogP contribution in [0.2, 0.25) is 0 Å². The first-order valence-corrected chi connectivity index (χ1v) is 6.92. The zero-order valence-electron chi connectivity index (χ0n) is 11.8. The van der Waals surface area contributed by atoms with Gasteiger partial charge in [0.1, 0.15) is 6.10 Å². The summed E-state index contributed by atoms with van der Waals surface area (Å²) in [6, 6.07) is 17.7. The molecule has 1 atom stereocenters. The lowest BCUT2D eigenvalue weighted by Gasteiger charge is -2.13. The summed E-state index contributed by atoms with van der Waals surface area (Å²) in [6.45, 7) is 0.545. The molecule has 2 aromatic carbocycles. The molecule has 0 bridgehead atoms. The smallest absolute Gasteiger partial charge is 0.414 e. The van der Waals surface area contributed by atoms with Crippen LogP contribution in [-0.4, -0.2) is 25.3 Å². The summed E-state index contributed by atoms with van der Waals surface area (Å²) in [4.78, 5) is 16.1. The Morgan fingerprint density at radius 3 is 2.50 bits per heavy atom. The Morgan fingerprint density at radius 1 is 1.14 bits per heavy atom. The number of rotatable bonds is 4. The average Bonchev–Trinajstić information content (AvgIpc) is 2.95. The Labute approximate surface area is 127 Å². The van der Waals surface area contributed by atoms with Crippen LogP contribution in [0.25, 0.3) is 21.6 Å². The van der Waals surface area contributed by atoms with Gasteiger partial charge in [-0.05, 0) is 28.8 Å². The van der Waals surface area contributed by atoms with Crippen molar-refractivity contribution in [1.82, 2.24) is 0 Å². The number of cyclic esters (lactones) is 1. The SMILES string of the molecule is [N-]=[N+]=NCC1CN(c2ccc(-c3ccccc3)cc2)C(=O)O1. The predicted octanol–water partition coefficient (Wildman–Crippen LogP) is 3.99. The summed E-state index contributed by atoms with van der Waals surface area (Å²) in [5.74, 6) is 0. The molecule has 0 aromatic heterocycles. The largest absolute Gasteiger partial charge is 0.444 e. The zero-order valence-corrected chi connectivity index (χ0v) is 11.8. The standard InChI is InChI=1S/C16H14N4O2/c17-19-18-10-15-11-20(16(21)22-15)14-8-6-13(7-9-14)12-4-2-1-3-5-12/h1-9,15H,10-11H2. The molecule has 110 valence electrons. The van der Waals surface area contributed by atoms with Crippen molar-refractivity contribution in [3.8, 4) is 11.1 Å². The maximum Gasteiger partial charge on any atom is 0.414 e. The molecule has 1 unspecified atom stereocenters. The van der Waals surface area contributed by atoms with Crippen molar-refractivity contribution in [1.29, 1.82) is 0 Å². The number of carbonyl (C=O) groups excluding carboxylic acids is 1. The van der Waals surface area contributed by atoms with E-state index < -0.39 is 12.2 Å². The van der Waals surface area contributed by atoms with Gasteiger partial charge in [-0.15, -0.1) is 0 Å². The molecule has 1 aliphatic rings. The van der Waals surface area contributed by atoms with Gasteiger partial charge in [0.25, 0.3) is 0 Å². The summed E-state index contributed by atoms with van der Waals surface area (Å²) in [5, 5.41) is 3.45. The van der Waals surface area contributed by atoms with Crippen molar-refractivity contribution < 1.29 is 9.53 Å². The third-order valence-electron chi connectivity index (χ3n) is 3.51. The third kappa shape index (κ3) is 2.87. The monoisotopic (exact) mass is 294 g/mol. The highest BCUT2D eigenvalue weighted by Crippen LogP contribution is 2.26. The molecule has 0 saturated carbocycles. The van der Waals surface area contributed by atoms with E-state index in [1.165, 1.54) is 0 Å². The second kappa shape index (κ2) is 6.20. The number of hydrogen-bond donors (Lipinski definition) is 0. The molecule has 1 fully saturated rings. The highest BCUT2D eigenvalue weighted by atomic mass is 16.6. The topological polar surface area (TPSA) is 78.3 Å². The second-order valence-corrected chi connectivity index (χ2v) is 4.94. The zero-order chi connectivity index (χ0) is 15.4. The fourth-order valence-electron chi connectivity index (χ4n) is 2.42. The van der Waals surface area contributed by atoms with E-state index in [4.69, 9.17) is 10.3 Å². The minimum Gasteiger partial charge on any atom is -0.444 e. The van der Waals surface area contributed by atoms with Crippen LogP contribution in [0.5, 0.6) is 0 Å². The molecule has 6 heteroatoms. The number of nitrogens with zero attached hydrogens (tertiary/aromatic N) is 4. The molecule has 1 amide bonds. The van der Waals surface area contributed by atoms with Crippen LogP contribution >= 0.6 is 0 Å². The van der Waals surface area contributed by atoms with E-state index >= 15 is 0 Å². The number of carbonyl (C=O) groups is 1. The lowest BCUT2D eigenvalue weighted by Crippen LogP contribution is -2.24. The van der Waals surface area contributed by atoms with Gasteiger partial charge in [-0.25, -0.2) is 4.79 Å². The molecule has 2 aromatic rings. The normalized spacial score (nSPS) is 17.0. The van der Waals surface area contributed by atoms with Gasteiger partial charge in [-0.2, -0.15) is 0 Å². The van der Waals surface area contributed by atoms with Crippen molar-refractivity contribution in [2.24, 2.45) is 5.11 Å². The van der Waals surface area contributed by atoms with Crippen molar-refractivity contribution in [3.05, 3.63) is 65.0 Å². The molecule has 1 heterocycles. The van der Waals surface area contributed by atoms with E-state index in [1.54, 1.807) is 4.90 Å². The number of amides is 1. The van der Waals surface area contributed by atoms with Gasteiger partial charge in [-0.1, -0.05) is 47.6 Å². The highest BCUT2D eigenvalue weighted by molar-refractivity contribution is 5.90. The number of anilines is 1. The number of hydrogen-bond acceptors (Lipinski definition) is 3. The van der Waals surface area contributed by atoms with Crippen molar-refractivity contribution in [2.45, 2.75) is 6.10 Å². The Hall–Kier alpha value is -2.98. The second-order valence-electron chi connectivity index (χ2n) is 4.94. The Bertz CT molecular complexity index is 709. The van der Waals surface area contributed by atoms with Gasteiger partial charge in [0.2, 0.25) is 0 Å².